The third-order valence-electron chi connectivity index (χ3n) is 7.46. The van der Waals surface area contributed by atoms with Gasteiger partial charge in [-0.3, -0.25) is 9.59 Å². The number of amides is 1. The van der Waals surface area contributed by atoms with Crippen molar-refractivity contribution in [2.45, 2.75) is 44.4 Å². The Morgan fingerprint density at radius 3 is 2.00 bits per heavy atom. The molecule has 1 aromatic carbocycles. The van der Waals surface area contributed by atoms with Crippen molar-refractivity contribution in [3.63, 3.8) is 0 Å². The first-order chi connectivity index (χ1) is 14.2. The van der Waals surface area contributed by atoms with Crippen molar-refractivity contribution in [2.75, 3.05) is 26.2 Å². The van der Waals surface area contributed by atoms with Crippen LogP contribution in [0.25, 0.3) is 0 Å². The summed E-state index contributed by atoms with van der Waals surface area (Å²) >= 11 is 0. The van der Waals surface area contributed by atoms with Crippen LogP contribution in [0.4, 0.5) is 0 Å². The number of aryl methyl sites for hydroxylation is 2. The first-order valence-corrected chi connectivity index (χ1v) is 12.2. The second kappa shape index (κ2) is 7.96. The molecule has 1 amide bonds. The molecule has 4 aliphatic rings. The molecule has 5 rings (SSSR count). The standard InChI is InChI=1S/C22H30N2O5S/c1-14-3-8-18(13-15(14)2)30(28,29)24-11-9-23(10-12-24)21(25)19-16-4-6-17(7-5-16)20(19)22(26)27/h3,8,13,16-17,19-20H,4-7,9-12H2,1-2H3,(H,26,27). The van der Waals surface area contributed by atoms with E-state index in [0.29, 0.717) is 13.1 Å². The summed E-state index contributed by atoms with van der Waals surface area (Å²) in [5, 5.41) is 9.74. The van der Waals surface area contributed by atoms with Crippen LogP contribution in [0, 0.1) is 37.5 Å². The van der Waals surface area contributed by atoms with Gasteiger partial charge in [0.2, 0.25) is 15.9 Å². The zero-order valence-corrected chi connectivity index (χ0v) is 18.4. The molecule has 0 radical (unpaired) electrons. The molecule has 3 aliphatic carbocycles. The minimum atomic E-state index is -3.61. The fourth-order valence-corrected chi connectivity index (χ4v) is 7.05. The molecular weight excluding hydrogens is 404 g/mol. The van der Waals surface area contributed by atoms with E-state index in [2.05, 4.69) is 0 Å². The Morgan fingerprint density at radius 1 is 0.900 bits per heavy atom. The van der Waals surface area contributed by atoms with E-state index in [1.54, 1.807) is 17.0 Å². The maximum Gasteiger partial charge on any atom is 0.307 e. The van der Waals surface area contributed by atoms with Crippen molar-refractivity contribution in [3.05, 3.63) is 29.3 Å². The normalized spacial score (nSPS) is 29.7. The molecule has 1 saturated heterocycles. The number of carbonyl (C=O) groups is 2. The predicted molar refractivity (Wildman–Crippen MR) is 111 cm³/mol. The summed E-state index contributed by atoms with van der Waals surface area (Å²) < 4.78 is 27.5. The zero-order chi connectivity index (χ0) is 21.6. The van der Waals surface area contributed by atoms with Crippen LogP contribution >= 0.6 is 0 Å². The Labute approximate surface area is 178 Å². The molecular formula is C22H30N2O5S. The topological polar surface area (TPSA) is 95.0 Å². The first-order valence-electron chi connectivity index (χ1n) is 10.8. The number of benzene rings is 1. The van der Waals surface area contributed by atoms with E-state index in [4.69, 9.17) is 0 Å². The largest absolute Gasteiger partial charge is 0.481 e. The quantitative estimate of drug-likeness (QED) is 0.784. The van der Waals surface area contributed by atoms with Crippen LogP contribution in [0.15, 0.2) is 23.1 Å². The lowest BCUT2D eigenvalue weighted by atomic mass is 9.58. The number of carboxylic acid groups (broad SMARTS) is 1. The summed E-state index contributed by atoms with van der Waals surface area (Å²) in [6.45, 7) is 4.92. The Morgan fingerprint density at radius 2 is 1.47 bits per heavy atom. The molecule has 0 aromatic heterocycles. The molecule has 2 atom stereocenters. The molecule has 1 heterocycles. The Bertz CT molecular complexity index is 944. The van der Waals surface area contributed by atoms with Gasteiger partial charge in [0.1, 0.15) is 0 Å². The van der Waals surface area contributed by atoms with E-state index >= 15 is 0 Å². The lowest BCUT2D eigenvalue weighted by molar-refractivity contribution is -0.162. The van der Waals surface area contributed by atoms with Gasteiger partial charge in [-0.2, -0.15) is 4.31 Å². The maximum atomic E-state index is 13.3. The predicted octanol–water partition coefficient (Wildman–Crippen LogP) is 2.27. The van der Waals surface area contributed by atoms with E-state index in [-0.39, 0.29) is 35.7 Å². The third kappa shape index (κ3) is 3.64. The van der Waals surface area contributed by atoms with Gasteiger partial charge >= 0.3 is 5.97 Å². The number of carbonyl (C=O) groups excluding carboxylic acids is 1. The average Bonchev–Trinajstić information content (AvgIpc) is 2.75. The van der Waals surface area contributed by atoms with Crippen LogP contribution in [0.2, 0.25) is 0 Å². The number of piperazine rings is 1. The highest BCUT2D eigenvalue weighted by Gasteiger charge is 2.51. The average molecular weight is 435 g/mol. The molecule has 2 bridgehead atoms. The second-order valence-corrected chi connectivity index (χ2v) is 11.0. The number of sulfonamides is 1. The van der Waals surface area contributed by atoms with E-state index in [1.807, 2.05) is 19.9 Å². The highest BCUT2D eigenvalue weighted by molar-refractivity contribution is 7.89. The van der Waals surface area contributed by atoms with Crippen LogP contribution in [-0.4, -0.2) is 60.8 Å². The van der Waals surface area contributed by atoms with Gasteiger partial charge in [0.25, 0.3) is 0 Å². The van der Waals surface area contributed by atoms with E-state index in [1.165, 1.54) is 4.31 Å². The Kier molecular flexibility index (Phi) is 5.66. The summed E-state index contributed by atoms with van der Waals surface area (Å²) in [5.74, 6) is -1.78. The van der Waals surface area contributed by atoms with E-state index in [0.717, 1.165) is 36.8 Å². The van der Waals surface area contributed by atoms with Crippen LogP contribution in [0.1, 0.15) is 36.8 Å². The number of fused-ring (bicyclic) bond motifs is 3. The number of rotatable bonds is 4. The Hall–Kier alpha value is -1.93. The molecule has 0 spiro atoms. The van der Waals surface area contributed by atoms with Gasteiger partial charge in [-0.15, -0.1) is 0 Å². The highest BCUT2D eigenvalue weighted by atomic mass is 32.2. The van der Waals surface area contributed by atoms with Crippen LogP contribution in [0.3, 0.4) is 0 Å². The summed E-state index contributed by atoms with van der Waals surface area (Å²) in [4.78, 5) is 27.1. The van der Waals surface area contributed by atoms with Gasteiger partial charge in [0.15, 0.2) is 0 Å². The summed E-state index contributed by atoms with van der Waals surface area (Å²) in [5.41, 5.74) is 1.97. The van der Waals surface area contributed by atoms with Crippen molar-refractivity contribution in [1.29, 1.82) is 0 Å². The lowest BCUT2D eigenvalue weighted by Gasteiger charge is -2.48. The van der Waals surface area contributed by atoms with Gasteiger partial charge in [-0.05, 0) is 74.6 Å². The smallest absolute Gasteiger partial charge is 0.307 e. The summed E-state index contributed by atoms with van der Waals surface area (Å²) in [6.07, 6.45) is 3.64. The first kappa shape index (κ1) is 21.3. The molecule has 7 nitrogen and oxygen atoms in total. The van der Waals surface area contributed by atoms with Crippen molar-refractivity contribution >= 4 is 21.9 Å². The van der Waals surface area contributed by atoms with Crippen molar-refractivity contribution in [2.24, 2.45) is 23.7 Å². The zero-order valence-electron chi connectivity index (χ0n) is 17.6. The summed E-state index contributed by atoms with van der Waals surface area (Å²) in [7, 11) is -3.61. The minimum absolute atomic E-state index is 0.0906. The van der Waals surface area contributed by atoms with E-state index in [9.17, 15) is 23.1 Å². The molecule has 1 aromatic rings. The SMILES string of the molecule is Cc1ccc(S(=O)(=O)N2CCN(C(=O)C3C4CCC(CC4)C3C(=O)O)CC2)cc1C. The number of aliphatic carboxylic acids is 1. The van der Waals surface area contributed by atoms with Crippen LogP contribution < -0.4 is 0 Å². The van der Waals surface area contributed by atoms with Crippen molar-refractivity contribution < 1.29 is 23.1 Å². The molecule has 1 aliphatic heterocycles. The number of nitrogens with zero attached hydrogens (tertiary/aromatic N) is 2. The number of hydrogen-bond donors (Lipinski definition) is 1. The number of carboxylic acids is 1. The Balaban J connectivity index is 1.46. The molecule has 30 heavy (non-hydrogen) atoms. The van der Waals surface area contributed by atoms with Gasteiger partial charge in [0, 0.05) is 26.2 Å². The number of hydrogen-bond acceptors (Lipinski definition) is 4. The summed E-state index contributed by atoms with van der Waals surface area (Å²) in [6, 6.07) is 5.13. The van der Waals surface area contributed by atoms with Gasteiger partial charge in [0.05, 0.1) is 16.7 Å². The molecule has 164 valence electrons. The maximum absolute atomic E-state index is 13.3. The van der Waals surface area contributed by atoms with Gasteiger partial charge in [-0.1, -0.05) is 6.07 Å². The fraction of sp³-hybridized carbons (Fsp3) is 0.636. The minimum Gasteiger partial charge on any atom is -0.481 e. The molecule has 4 fully saturated rings. The monoisotopic (exact) mass is 434 g/mol. The van der Waals surface area contributed by atoms with Gasteiger partial charge in [-0.25, -0.2) is 8.42 Å². The van der Waals surface area contributed by atoms with Gasteiger partial charge < -0.3 is 10.0 Å². The van der Waals surface area contributed by atoms with Crippen LogP contribution in [-0.2, 0) is 19.6 Å². The van der Waals surface area contributed by atoms with Crippen molar-refractivity contribution in [3.8, 4) is 0 Å². The van der Waals surface area contributed by atoms with E-state index < -0.39 is 27.8 Å². The fourth-order valence-electron chi connectivity index (χ4n) is 5.54. The molecule has 8 heteroatoms. The molecule has 1 N–H and O–H groups in total. The lowest BCUT2D eigenvalue weighted by Crippen LogP contribution is -2.56. The molecule has 2 unspecified atom stereocenters. The third-order valence-corrected chi connectivity index (χ3v) is 9.35. The van der Waals surface area contributed by atoms with Crippen molar-refractivity contribution in [1.82, 2.24) is 9.21 Å². The van der Waals surface area contributed by atoms with Crippen LogP contribution in [0.5, 0.6) is 0 Å². The highest BCUT2D eigenvalue weighted by Crippen LogP contribution is 2.49. The molecule has 3 saturated carbocycles. The second-order valence-electron chi connectivity index (χ2n) is 9.04.